The summed E-state index contributed by atoms with van der Waals surface area (Å²) in [6, 6.07) is 5.59. The Hall–Kier alpha value is -2.14. The zero-order valence-corrected chi connectivity index (χ0v) is 11.2. The van der Waals surface area contributed by atoms with Gasteiger partial charge in [0.05, 0.1) is 11.2 Å². The van der Waals surface area contributed by atoms with Crippen LogP contribution < -0.4 is 4.74 Å². The number of rotatable bonds is 2. The van der Waals surface area contributed by atoms with Crippen molar-refractivity contribution in [2.75, 3.05) is 0 Å². The lowest BCUT2D eigenvalue weighted by Gasteiger charge is -2.07. The molecule has 0 atom stereocenters. The molecule has 2 aromatic heterocycles. The van der Waals surface area contributed by atoms with Gasteiger partial charge in [-0.25, -0.2) is 9.97 Å². The van der Waals surface area contributed by atoms with Crippen molar-refractivity contribution in [2.45, 2.75) is 6.92 Å². The van der Waals surface area contributed by atoms with E-state index in [1.807, 2.05) is 26.1 Å². The van der Waals surface area contributed by atoms with E-state index in [1.54, 1.807) is 16.9 Å². The first kappa shape index (κ1) is 11.9. The van der Waals surface area contributed by atoms with Crippen molar-refractivity contribution in [3.8, 4) is 11.6 Å². The fourth-order valence-corrected chi connectivity index (χ4v) is 1.97. The monoisotopic (exact) mass is 274 g/mol. The minimum Gasteiger partial charge on any atom is -0.437 e. The Labute approximate surface area is 114 Å². The third kappa shape index (κ3) is 2.13. The normalized spacial score (nSPS) is 10.9. The average Bonchev–Trinajstić information content (AvgIpc) is 2.77. The molecule has 2 heterocycles. The number of hydrogen-bond acceptors (Lipinski definition) is 4. The SMILES string of the molecule is Cc1ccc(Cl)c(Oc2ncnc3c2cnn3C)c1. The van der Waals surface area contributed by atoms with Crippen LogP contribution in [0.2, 0.25) is 5.02 Å². The Morgan fingerprint density at radius 1 is 1.26 bits per heavy atom. The van der Waals surface area contributed by atoms with Crippen molar-refractivity contribution in [2.24, 2.45) is 7.05 Å². The van der Waals surface area contributed by atoms with Crippen LogP contribution in [0.15, 0.2) is 30.7 Å². The number of nitrogens with zero attached hydrogens (tertiary/aromatic N) is 4. The molecule has 0 radical (unpaired) electrons. The van der Waals surface area contributed by atoms with Crippen molar-refractivity contribution in [1.29, 1.82) is 0 Å². The van der Waals surface area contributed by atoms with Crippen LogP contribution >= 0.6 is 11.6 Å². The van der Waals surface area contributed by atoms with Crippen LogP contribution in [0.1, 0.15) is 5.56 Å². The first-order valence-corrected chi connectivity index (χ1v) is 6.09. The maximum Gasteiger partial charge on any atom is 0.233 e. The summed E-state index contributed by atoms with van der Waals surface area (Å²) >= 11 is 6.11. The summed E-state index contributed by atoms with van der Waals surface area (Å²) in [6.45, 7) is 1.98. The van der Waals surface area contributed by atoms with Gasteiger partial charge in [0, 0.05) is 7.05 Å². The van der Waals surface area contributed by atoms with Gasteiger partial charge in [-0.05, 0) is 24.6 Å². The molecule has 3 aromatic rings. The zero-order valence-electron chi connectivity index (χ0n) is 10.5. The van der Waals surface area contributed by atoms with Crippen LogP contribution in [0.25, 0.3) is 11.0 Å². The maximum atomic E-state index is 6.11. The molecule has 5 nitrogen and oxygen atoms in total. The van der Waals surface area contributed by atoms with Gasteiger partial charge < -0.3 is 4.74 Å². The molecule has 1 aromatic carbocycles. The van der Waals surface area contributed by atoms with Gasteiger partial charge in [0.1, 0.15) is 17.5 Å². The molecular weight excluding hydrogens is 264 g/mol. The predicted molar refractivity (Wildman–Crippen MR) is 72.6 cm³/mol. The summed E-state index contributed by atoms with van der Waals surface area (Å²) < 4.78 is 7.45. The van der Waals surface area contributed by atoms with Crippen molar-refractivity contribution in [1.82, 2.24) is 19.7 Å². The van der Waals surface area contributed by atoms with E-state index in [4.69, 9.17) is 16.3 Å². The molecule has 19 heavy (non-hydrogen) atoms. The lowest BCUT2D eigenvalue weighted by Crippen LogP contribution is -1.94. The van der Waals surface area contributed by atoms with Gasteiger partial charge in [0.2, 0.25) is 5.88 Å². The summed E-state index contributed by atoms with van der Waals surface area (Å²) in [4.78, 5) is 8.30. The topological polar surface area (TPSA) is 52.8 Å². The average molecular weight is 275 g/mol. The Balaban J connectivity index is 2.08. The molecule has 96 valence electrons. The number of ether oxygens (including phenoxy) is 1. The van der Waals surface area contributed by atoms with E-state index in [-0.39, 0.29) is 0 Å². The first-order chi connectivity index (χ1) is 9.15. The Bertz CT molecular complexity index is 753. The van der Waals surface area contributed by atoms with Crippen LogP contribution in [0.4, 0.5) is 0 Å². The molecular formula is C13H11ClN4O. The van der Waals surface area contributed by atoms with Gasteiger partial charge in [-0.15, -0.1) is 0 Å². The summed E-state index contributed by atoms with van der Waals surface area (Å²) in [5.74, 6) is 1.02. The highest BCUT2D eigenvalue weighted by Gasteiger charge is 2.11. The highest BCUT2D eigenvalue weighted by molar-refractivity contribution is 6.32. The van der Waals surface area contributed by atoms with Crippen molar-refractivity contribution in [3.63, 3.8) is 0 Å². The van der Waals surface area contributed by atoms with Crippen LogP contribution in [0.5, 0.6) is 11.6 Å². The number of halogens is 1. The summed E-state index contributed by atoms with van der Waals surface area (Å²) in [5, 5.41) is 5.43. The molecule has 0 aliphatic carbocycles. The third-order valence-electron chi connectivity index (χ3n) is 2.79. The van der Waals surface area contributed by atoms with E-state index < -0.39 is 0 Å². The second-order valence-corrected chi connectivity index (χ2v) is 4.63. The molecule has 0 bridgehead atoms. The summed E-state index contributed by atoms with van der Waals surface area (Å²) in [6.07, 6.45) is 3.12. The van der Waals surface area contributed by atoms with Gasteiger partial charge in [0.25, 0.3) is 0 Å². The second-order valence-electron chi connectivity index (χ2n) is 4.22. The second kappa shape index (κ2) is 4.51. The fraction of sp³-hybridized carbons (Fsp3) is 0.154. The van der Waals surface area contributed by atoms with Crippen LogP contribution in [0.3, 0.4) is 0 Å². The Morgan fingerprint density at radius 3 is 2.95 bits per heavy atom. The highest BCUT2D eigenvalue weighted by atomic mass is 35.5. The van der Waals surface area contributed by atoms with E-state index in [0.717, 1.165) is 10.9 Å². The van der Waals surface area contributed by atoms with Gasteiger partial charge in [-0.1, -0.05) is 17.7 Å². The zero-order chi connectivity index (χ0) is 13.4. The number of hydrogen-bond donors (Lipinski definition) is 0. The molecule has 0 unspecified atom stereocenters. The van der Waals surface area contributed by atoms with Gasteiger partial charge in [-0.2, -0.15) is 5.10 Å². The summed E-state index contributed by atoms with van der Waals surface area (Å²) in [5.41, 5.74) is 1.78. The fourth-order valence-electron chi connectivity index (χ4n) is 1.81. The molecule has 0 aliphatic heterocycles. The van der Waals surface area contributed by atoms with E-state index in [2.05, 4.69) is 15.1 Å². The molecule has 3 rings (SSSR count). The summed E-state index contributed by atoms with van der Waals surface area (Å²) in [7, 11) is 1.82. The van der Waals surface area contributed by atoms with Gasteiger partial charge >= 0.3 is 0 Å². The smallest absolute Gasteiger partial charge is 0.233 e. The largest absolute Gasteiger partial charge is 0.437 e. The standard InChI is InChI=1S/C13H11ClN4O/c1-8-3-4-10(14)11(5-8)19-13-9-6-17-18(2)12(9)15-7-16-13/h3-7H,1-2H3. The lowest BCUT2D eigenvalue weighted by molar-refractivity contribution is 0.468. The van der Waals surface area contributed by atoms with Crippen LogP contribution in [-0.2, 0) is 7.05 Å². The lowest BCUT2D eigenvalue weighted by atomic mass is 10.2. The van der Waals surface area contributed by atoms with Crippen molar-refractivity contribution < 1.29 is 4.74 Å². The molecule has 0 spiro atoms. The minimum atomic E-state index is 0.450. The quantitative estimate of drug-likeness (QED) is 0.720. The number of benzene rings is 1. The molecule has 0 fully saturated rings. The van der Waals surface area contributed by atoms with Gasteiger partial charge in [-0.3, -0.25) is 4.68 Å². The van der Waals surface area contributed by atoms with E-state index in [1.165, 1.54) is 6.33 Å². The van der Waals surface area contributed by atoms with Gasteiger partial charge in [0.15, 0.2) is 5.65 Å². The third-order valence-corrected chi connectivity index (χ3v) is 3.10. The highest BCUT2D eigenvalue weighted by Crippen LogP contribution is 2.31. The molecule has 0 amide bonds. The number of aromatic nitrogens is 4. The minimum absolute atomic E-state index is 0.450. The molecule has 0 aliphatic rings. The first-order valence-electron chi connectivity index (χ1n) is 5.72. The van der Waals surface area contributed by atoms with Crippen molar-refractivity contribution in [3.05, 3.63) is 41.3 Å². The Morgan fingerprint density at radius 2 is 2.11 bits per heavy atom. The van der Waals surface area contributed by atoms with Crippen LogP contribution in [0, 0.1) is 6.92 Å². The number of aryl methyl sites for hydroxylation is 2. The maximum absolute atomic E-state index is 6.11. The van der Waals surface area contributed by atoms with E-state index in [0.29, 0.717) is 22.3 Å². The van der Waals surface area contributed by atoms with E-state index in [9.17, 15) is 0 Å². The molecule has 0 saturated heterocycles. The predicted octanol–water partition coefficient (Wildman–Crippen LogP) is 3.12. The number of fused-ring (bicyclic) bond motifs is 1. The van der Waals surface area contributed by atoms with Crippen molar-refractivity contribution >= 4 is 22.6 Å². The van der Waals surface area contributed by atoms with Crippen LogP contribution in [-0.4, -0.2) is 19.7 Å². The molecule has 0 N–H and O–H groups in total. The molecule has 6 heteroatoms. The molecule has 0 saturated carbocycles. The Kier molecular flexibility index (Phi) is 2.83. The van der Waals surface area contributed by atoms with E-state index >= 15 is 0 Å².